The number of hydrogen-bond acceptors (Lipinski definition) is 5. The molecule has 0 aliphatic rings. The molecule has 1 amide bonds. The van der Waals surface area contributed by atoms with Crippen molar-refractivity contribution < 1.29 is 13.6 Å². The van der Waals surface area contributed by atoms with Crippen LogP contribution in [0.2, 0.25) is 0 Å². The zero-order valence-corrected chi connectivity index (χ0v) is 16.1. The van der Waals surface area contributed by atoms with E-state index in [-0.39, 0.29) is 18.9 Å². The van der Waals surface area contributed by atoms with Crippen molar-refractivity contribution in [2.75, 3.05) is 0 Å². The van der Waals surface area contributed by atoms with Gasteiger partial charge < -0.3 is 14.2 Å². The molecule has 0 fully saturated rings. The predicted octanol–water partition coefficient (Wildman–Crippen LogP) is 4.55. The van der Waals surface area contributed by atoms with Crippen LogP contribution in [-0.4, -0.2) is 15.9 Å². The van der Waals surface area contributed by atoms with Gasteiger partial charge in [-0.25, -0.2) is 9.97 Å². The minimum absolute atomic E-state index is 0.112. The number of aryl methyl sites for hydroxylation is 2. The molecule has 6 heteroatoms. The molecule has 4 rings (SSSR count). The molecule has 0 aliphatic heterocycles. The molecular weight excluding hydrogens is 366 g/mol. The molecule has 0 unspecified atom stereocenters. The lowest BCUT2D eigenvalue weighted by molar-refractivity contribution is -0.121. The van der Waals surface area contributed by atoms with Gasteiger partial charge in [0.2, 0.25) is 11.8 Å². The summed E-state index contributed by atoms with van der Waals surface area (Å²) in [6, 6.07) is 17.7. The van der Waals surface area contributed by atoms with E-state index in [0.29, 0.717) is 29.7 Å². The van der Waals surface area contributed by atoms with Crippen LogP contribution in [-0.2, 0) is 17.8 Å². The van der Waals surface area contributed by atoms with Crippen molar-refractivity contribution in [3.63, 3.8) is 0 Å². The van der Waals surface area contributed by atoms with Crippen LogP contribution >= 0.6 is 0 Å². The van der Waals surface area contributed by atoms with Gasteiger partial charge in [-0.05, 0) is 6.92 Å². The summed E-state index contributed by atoms with van der Waals surface area (Å²) in [4.78, 5) is 20.6. The quantitative estimate of drug-likeness (QED) is 0.503. The second-order valence-corrected chi connectivity index (χ2v) is 6.75. The van der Waals surface area contributed by atoms with Gasteiger partial charge in [0.1, 0.15) is 0 Å². The molecule has 0 aliphatic carbocycles. The van der Waals surface area contributed by atoms with Crippen LogP contribution in [0, 0.1) is 6.92 Å². The minimum atomic E-state index is -0.112. The lowest BCUT2D eigenvalue weighted by atomic mass is 10.1. The third-order valence-electron chi connectivity index (χ3n) is 4.50. The summed E-state index contributed by atoms with van der Waals surface area (Å²) in [5.41, 5.74) is 3.11. The highest BCUT2D eigenvalue weighted by molar-refractivity contribution is 5.75. The number of nitrogens with zero attached hydrogens (tertiary/aromatic N) is 2. The van der Waals surface area contributed by atoms with E-state index < -0.39 is 0 Å². The number of amides is 1. The van der Waals surface area contributed by atoms with Crippen molar-refractivity contribution in [1.82, 2.24) is 15.3 Å². The SMILES string of the molecule is Cc1ccc(-c2cnc(CCC(=O)NCc3ncc(-c4ccccc4)o3)o2)cc1. The number of hydrogen-bond donors (Lipinski definition) is 1. The predicted molar refractivity (Wildman–Crippen MR) is 109 cm³/mol. The highest BCUT2D eigenvalue weighted by atomic mass is 16.4. The molecule has 0 saturated heterocycles. The van der Waals surface area contributed by atoms with Gasteiger partial charge in [0, 0.05) is 24.0 Å². The average Bonchev–Trinajstić information content (AvgIpc) is 3.42. The largest absolute Gasteiger partial charge is 0.441 e. The monoisotopic (exact) mass is 387 g/mol. The molecule has 6 nitrogen and oxygen atoms in total. The Labute approximate surface area is 168 Å². The first-order chi connectivity index (χ1) is 14.2. The molecule has 0 radical (unpaired) electrons. The summed E-state index contributed by atoms with van der Waals surface area (Å²) in [7, 11) is 0. The maximum Gasteiger partial charge on any atom is 0.220 e. The van der Waals surface area contributed by atoms with Crippen molar-refractivity contribution in [3.8, 4) is 22.6 Å². The van der Waals surface area contributed by atoms with Crippen molar-refractivity contribution in [2.45, 2.75) is 26.3 Å². The van der Waals surface area contributed by atoms with E-state index in [1.165, 1.54) is 5.56 Å². The van der Waals surface area contributed by atoms with Gasteiger partial charge in [-0.2, -0.15) is 0 Å². The molecule has 2 aromatic heterocycles. The maximum absolute atomic E-state index is 12.1. The Bertz CT molecular complexity index is 1080. The zero-order chi connectivity index (χ0) is 20.1. The van der Waals surface area contributed by atoms with E-state index in [1.54, 1.807) is 12.4 Å². The van der Waals surface area contributed by atoms with E-state index in [0.717, 1.165) is 11.1 Å². The summed E-state index contributed by atoms with van der Waals surface area (Å²) >= 11 is 0. The lowest BCUT2D eigenvalue weighted by Gasteiger charge is -2.01. The number of aromatic nitrogens is 2. The van der Waals surface area contributed by atoms with Gasteiger partial charge in [-0.1, -0.05) is 60.2 Å². The molecule has 0 spiro atoms. The van der Waals surface area contributed by atoms with Crippen molar-refractivity contribution >= 4 is 5.91 Å². The van der Waals surface area contributed by atoms with Crippen LogP contribution in [0.1, 0.15) is 23.8 Å². The smallest absolute Gasteiger partial charge is 0.220 e. The molecule has 29 heavy (non-hydrogen) atoms. The van der Waals surface area contributed by atoms with Crippen molar-refractivity contribution in [1.29, 1.82) is 0 Å². The third-order valence-corrected chi connectivity index (χ3v) is 4.50. The Kier molecular flexibility index (Phi) is 5.52. The van der Waals surface area contributed by atoms with Crippen LogP contribution < -0.4 is 5.32 Å². The van der Waals surface area contributed by atoms with Crippen LogP contribution in [0.5, 0.6) is 0 Å². The Morgan fingerprint density at radius 3 is 2.21 bits per heavy atom. The molecule has 2 aromatic carbocycles. The van der Waals surface area contributed by atoms with Crippen LogP contribution in [0.3, 0.4) is 0 Å². The molecule has 146 valence electrons. The first-order valence-corrected chi connectivity index (χ1v) is 9.46. The molecule has 0 atom stereocenters. The molecule has 4 aromatic rings. The Hall–Kier alpha value is -3.67. The van der Waals surface area contributed by atoms with E-state index in [9.17, 15) is 4.79 Å². The first-order valence-electron chi connectivity index (χ1n) is 9.46. The van der Waals surface area contributed by atoms with Gasteiger partial charge in [-0.15, -0.1) is 0 Å². The number of rotatable bonds is 7. The highest BCUT2D eigenvalue weighted by Gasteiger charge is 2.11. The van der Waals surface area contributed by atoms with Crippen LogP contribution in [0.4, 0.5) is 0 Å². The molecule has 1 N–H and O–H groups in total. The normalized spacial score (nSPS) is 10.8. The summed E-state index contributed by atoms with van der Waals surface area (Å²) in [5.74, 6) is 2.28. The van der Waals surface area contributed by atoms with Gasteiger partial charge in [-0.3, -0.25) is 4.79 Å². The standard InChI is InChI=1S/C23H21N3O3/c1-16-7-9-18(10-8-16)20-13-25-22(28-20)12-11-21(27)24-15-23-26-14-19(29-23)17-5-3-2-4-6-17/h2-10,13-14H,11-12,15H2,1H3,(H,24,27). The fourth-order valence-electron chi connectivity index (χ4n) is 2.89. The maximum atomic E-state index is 12.1. The molecule has 2 heterocycles. The van der Waals surface area contributed by atoms with Crippen molar-refractivity contribution in [2.24, 2.45) is 0 Å². The number of nitrogens with one attached hydrogen (secondary N) is 1. The fraction of sp³-hybridized carbons (Fsp3) is 0.174. The summed E-state index contributed by atoms with van der Waals surface area (Å²) < 4.78 is 11.4. The summed E-state index contributed by atoms with van der Waals surface area (Å²) in [6.45, 7) is 2.28. The van der Waals surface area contributed by atoms with Crippen LogP contribution in [0.15, 0.2) is 75.8 Å². The number of carbonyl (C=O) groups excluding carboxylic acids is 1. The molecule has 0 bridgehead atoms. The van der Waals surface area contributed by atoms with E-state index >= 15 is 0 Å². The van der Waals surface area contributed by atoms with E-state index in [1.807, 2.05) is 61.5 Å². The van der Waals surface area contributed by atoms with Crippen molar-refractivity contribution in [3.05, 3.63) is 84.3 Å². The Morgan fingerprint density at radius 2 is 1.48 bits per heavy atom. The molecule has 0 saturated carbocycles. The third kappa shape index (κ3) is 4.79. The number of carbonyl (C=O) groups is 1. The summed E-state index contributed by atoms with van der Waals surface area (Å²) in [6.07, 6.45) is 4.06. The average molecular weight is 387 g/mol. The lowest BCUT2D eigenvalue weighted by Crippen LogP contribution is -2.23. The second kappa shape index (κ2) is 8.56. The van der Waals surface area contributed by atoms with Crippen LogP contribution in [0.25, 0.3) is 22.6 Å². The molecular formula is C23H21N3O3. The number of oxazole rings is 2. The van der Waals surface area contributed by atoms with Gasteiger partial charge in [0.05, 0.1) is 18.9 Å². The minimum Gasteiger partial charge on any atom is -0.441 e. The van der Waals surface area contributed by atoms with E-state index in [2.05, 4.69) is 15.3 Å². The topological polar surface area (TPSA) is 81.2 Å². The fourth-order valence-corrected chi connectivity index (χ4v) is 2.89. The van der Waals surface area contributed by atoms with E-state index in [4.69, 9.17) is 8.83 Å². The Balaban J connectivity index is 1.27. The summed E-state index contributed by atoms with van der Waals surface area (Å²) in [5, 5.41) is 2.81. The second-order valence-electron chi connectivity index (χ2n) is 6.75. The Morgan fingerprint density at radius 1 is 0.862 bits per heavy atom. The zero-order valence-electron chi connectivity index (χ0n) is 16.1. The highest BCUT2D eigenvalue weighted by Crippen LogP contribution is 2.21. The van der Waals surface area contributed by atoms with Gasteiger partial charge in [0.25, 0.3) is 0 Å². The first kappa shape index (κ1) is 18.7. The van der Waals surface area contributed by atoms with Gasteiger partial charge in [0.15, 0.2) is 17.4 Å². The van der Waals surface area contributed by atoms with Gasteiger partial charge >= 0.3 is 0 Å². The number of benzene rings is 2.